The Bertz CT molecular complexity index is 1350. The molecule has 1 N–H and O–H groups in total. The SMILES string of the molecule is Cc1cc([C@@H](C)Nc2cccnc2C(F)(F)F)c2oc(-c3ccccc3)c(C)c(=O)c2c1. The molecule has 0 spiro atoms. The van der Waals surface area contributed by atoms with Crippen molar-refractivity contribution in [3.05, 3.63) is 93.4 Å². The molecule has 1 atom stereocenters. The third-order valence-electron chi connectivity index (χ3n) is 5.34. The van der Waals surface area contributed by atoms with Crippen molar-refractivity contribution in [1.82, 2.24) is 4.98 Å². The summed E-state index contributed by atoms with van der Waals surface area (Å²) in [5.74, 6) is 0.442. The number of benzene rings is 2. The summed E-state index contributed by atoms with van der Waals surface area (Å²) in [5, 5.41) is 3.30. The van der Waals surface area contributed by atoms with Crippen LogP contribution in [-0.4, -0.2) is 4.98 Å². The Kier molecular flexibility index (Phi) is 5.50. The van der Waals surface area contributed by atoms with Crippen LogP contribution in [0.15, 0.2) is 70.0 Å². The molecule has 2 aromatic carbocycles. The lowest BCUT2D eigenvalue weighted by atomic mass is 9.98. The maximum atomic E-state index is 13.4. The number of halogens is 3. The van der Waals surface area contributed by atoms with E-state index in [0.717, 1.165) is 17.3 Å². The zero-order chi connectivity index (χ0) is 23.0. The Morgan fingerprint density at radius 3 is 2.44 bits per heavy atom. The summed E-state index contributed by atoms with van der Waals surface area (Å²) in [6, 6.07) is 15.0. The summed E-state index contributed by atoms with van der Waals surface area (Å²) >= 11 is 0. The molecule has 4 rings (SSSR count). The van der Waals surface area contributed by atoms with Crippen LogP contribution in [0.2, 0.25) is 0 Å². The van der Waals surface area contributed by atoms with E-state index in [0.29, 0.717) is 27.9 Å². The minimum absolute atomic E-state index is 0.139. The quantitative estimate of drug-likeness (QED) is 0.387. The van der Waals surface area contributed by atoms with Crippen LogP contribution in [-0.2, 0) is 6.18 Å². The van der Waals surface area contributed by atoms with Gasteiger partial charge < -0.3 is 9.73 Å². The number of alkyl halides is 3. The molecule has 0 aliphatic heterocycles. The molecule has 7 heteroatoms. The maximum absolute atomic E-state index is 13.4. The van der Waals surface area contributed by atoms with E-state index in [1.54, 1.807) is 19.9 Å². The number of aromatic nitrogens is 1. The van der Waals surface area contributed by atoms with Crippen molar-refractivity contribution in [2.75, 3.05) is 5.32 Å². The van der Waals surface area contributed by atoms with Crippen LogP contribution in [0.1, 0.15) is 35.3 Å². The van der Waals surface area contributed by atoms with E-state index in [1.807, 2.05) is 43.3 Å². The fraction of sp³-hybridized carbons (Fsp3) is 0.200. The van der Waals surface area contributed by atoms with Gasteiger partial charge in [-0.15, -0.1) is 0 Å². The second-order valence-corrected chi connectivity index (χ2v) is 7.75. The molecule has 0 aliphatic rings. The van der Waals surface area contributed by atoms with Crippen LogP contribution in [0.25, 0.3) is 22.3 Å². The molecule has 0 amide bonds. The third-order valence-corrected chi connectivity index (χ3v) is 5.34. The van der Waals surface area contributed by atoms with Crippen molar-refractivity contribution in [2.24, 2.45) is 0 Å². The van der Waals surface area contributed by atoms with Crippen LogP contribution in [0.4, 0.5) is 18.9 Å². The minimum atomic E-state index is -4.60. The normalized spacial score (nSPS) is 12.7. The highest BCUT2D eigenvalue weighted by Gasteiger charge is 2.35. The highest BCUT2D eigenvalue weighted by Crippen LogP contribution is 2.36. The van der Waals surface area contributed by atoms with E-state index in [4.69, 9.17) is 4.42 Å². The standard InChI is InChI=1S/C25H21F3N2O2/c1-14-12-18(16(3)30-20-10-7-11-29-24(20)25(26,27)28)23-19(13-14)21(31)15(2)22(32-23)17-8-5-4-6-9-17/h4-13,16,30H,1-3H3/t16-/m1/s1. The van der Waals surface area contributed by atoms with Gasteiger partial charge in [-0.2, -0.15) is 13.2 Å². The topological polar surface area (TPSA) is 55.1 Å². The highest BCUT2D eigenvalue weighted by molar-refractivity contribution is 5.84. The van der Waals surface area contributed by atoms with Crippen molar-refractivity contribution < 1.29 is 17.6 Å². The average Bonchev–Trinajstić information content (AvgIpc) is 2.76. The van der Waals surface area contributed by atoms with Crippen LogP contribution < -0.4 is 10.7 Å². The average molecular weight is 438 g/mol. The van der Waals surface area contributed by atoms with E-state index < -0.39 is 17.9 Å². The molecule has 32 heavy (non-hydrogen) atoms. The Hall–Kier alpha value is -3.61. The number of aryl methyl sites for hydroxylation is 1. The van der Waals surface area contributed by atoms with E-state index in [2.05, 4.69) is 10.3 Å². The number of nitrogens with zero attached hydrogens (tertiary/aromatic N) is 1. The molecule has 0 saturated heterocycles. The third kappa shape index (κ3) is 3.98. The maximum Gasteiger partial charge on any atom is 0.435 e. The summed E-state index contributed by atoms with van der Waals surface area (Å²) < 4.78 is 46.4. The van der Waals surface area contributed by atoms with Crippen molar-refractivity contribution in [1.29, 1.82) is 0 Å². The molecule has 0 saturated carbocycles. The molecular formula is C25H21F3N2O2. The van der Waals surface area contributed by atoms with E-state index in [-0.39, 0.29) is 11.1 Å². The number of hydrogen-bond acceptors (Lipinski definition) is 4. The Labute approximate surface area is 182 Å². The Morgan fingerprint density at radius 1 is 1.03 bits per heavy atom. The van der Waals surface area contributed by atoms with Gasteiger partial charge >= 0.3 is 6.18 Å². The van der Waals surface area contributed by atoms with E-state index in [9.17, 15) is 18.0 Å². The number of fused-ring (bicyclic) bond motifs is 1. The monoisotopic (exact) mass is 438 g/mol. The fourth-order valence-electron chi connectivity index (χ4n) is 3.81. The molecule has 164 valence electrons. The molecular weight excluding hydrogens is 417 g/mol. The van der Waals surface area contributed by atoms with Gasteiger partial charge in [-0.3, -0.25) is 4.79 Å². The second kappa shape index (κ2) is 8.15. The van der Waals surface area contributed by atoms with Crippen molar-refractivity contribution in [3.63, 3.8) is 0 Å². The molecule has 0 bridgehead atoms. The van der Waals surface area contributed by atoms with Gasteiger partial charge in [-0.1, -0.05) is 36.4 Å². The Morgan fingerprint density at radius 2 is 1.75 bits per heavy atom. The smallest absolute Gasteiger partial charge is 0.435 e. The number of rotatable bonds is 4. The zero-order valence-corrected chi connectivity index (χ0v) is 17.7. The van der Waals surface area contributed by atoms with Gasteiger partial charge in [0, 0.05) is 22.9 Å². The predicted molar refractivity (Wildman–Crippen MR) is 119 cm³/mol. The first kappa shape index (κ1) is 21.6. The van der Waals surface area contributed by atoms with Gasteiger partial charge in [0.2, 0.25) is 0 Å². The van der Waals surface area contributed by atoms with Crippen LogP contribution in [0, 0.1) is 13.8 Å². The van der Waals surface area contributed by atoms with Gasteiger partial charge in [-0.25, -0.2) is 4.98 Å². The van der Waals surface area contributed by atoms with Crippen LogP contribution >= 0.6 is 0 Å². The molecule has 4 nitrogen and oxygen atoms in total. The number of nitrogens with one attached hydrogen (secondary N) is 1. The number of pyridine rings is 1. The fourth-order valence-corrected chi connectivity index (χ4v) is 3.81. The molecule has 0 fully saturated rings. The predicted octanol–water partition coefficient (Wildman–Crippen LogP) is 6.66. The number of anilines is 1. The first-order valence-electron chi connectivity index (χ1n) is 10.1. The first-order chi connectivity index (χ1) is 15.2. The molecule has 0 unspecified atom stereocenters. The summed E-state index contributed by atoms with van der Waals surface area (Å²) in [4.78, 5) is 16.6. The molecule has 2 aromatic heterocycles. The van der Waals surface area contributed by atoms with E-state index >= 15 is 0 Å². The highest BCUT2D eigenvalue weighted by atomic mass is 19.4. The second-order valence-electron chi connectivity index (χ2n) is 7.75. The largest absolute Gasteiger partial charge is 0.455 e. The van der Waals surface area contributed by atoms with Gasteiger partial charge in [0.25, 0.3) is 0 Å². The van der Waals surface area contributed by atoms with Crippen molar-refractivity contribution >= 4 is 16.7 Å². The van der Waals surface area contributed by atoms with Gasteiger partial charge in [0.1, 0.15) is 11.3 Å². The summed E-state index contributed by atoms with van der Waals surface area (Å²) in [7, 11) is 0. The lowest BCUT2D eigenvalue weighted by Crippen LogP contribution is -2.16. The zero-order valence-electron chi connectivity index (χ0n) is 17.7. The molecule has 0 radical (unpaired) electrons. The van der Waals surface area contributed by atoms with Crippen molar-refractivity contribution in [2.45, 2.75) is 33.0 Å². The molecule has 2 heterocycles. The lowest BCUT2D eigenvalue weighted by molar-refractivity contribution is -0.140. The first-order valence-corrected chi connectivity index (χ1v) is 10.1. The molecule has 4 aromatic rings. The minimum Gasteiger partial charge on any atom is -0.455 e. The summed E-state index contributed by atoms with van der Waals surface area (Å²) in [6.45, 7) is 5.27. The number of hydrogen-bond donors (Lipinski definition) is 1. The lowest BCUT2D eigenvalue weighted by Gasteiger charge is -2.20. The van der Waals surface area contributed by atoms with Gasteiger partial charge in [0.05, 0.1) is 17.1 Å². The molecule has 0 aliphatic carbocycles. The van der Waals surface area contributed by atoms with Crippen LogP contribution in [0.5, 0.6) is 0 Å². The van der Waals surface area contributed by atoms with Gasteiger partial charge in [-0.05, 0) is 44.5 Å². The van der Waals surface area contributed by atoms with Crippen molar-refractivity contribution in [3.8, 4) is 11.3 Å². The van der Waals surface area contributed by atoms with E-state index in [1.165, 1.54) is 12.1 Å². The Balaban J connectivity index is 1.88. The summed E-state index contributed by atoms with van der Waals surface area (Å²) in [5.41, 5.74) is 1.68. The summed E-state index contributed by atoms with van der Waals surface area (Å²) in [6.07, 6.45) is -3.49. The van der Waals surface area contributed by atoms with Crippen LogP contribution in [0.3, 0.4) is 0 Å². The van der Waals surface area contributed by atoms with Gasteiger partial charge in [0.15, 0.2) is 11.1 Å².